The summed E-state index contributed by atoms with van der Waals surface area (Å²) >= 11 is 5.19. The summed E-state index contributed by atoms with van der Waals surface area (Å²) in [5.74, 6) is 2.52. The Hall–Kier alpha value is -2.80. The number of pyridine rings is 1. The average Bonchev–Trinajstić information content (AvgIpc) is 3.10. The van der Waals surface area contributed by atoms with Gasteiger partial charge in [-0.2, -0.15) is 0 Å². The molecule has 3 aromatic rings. The molecule has 7 heteroatoms. The first-order valence-corrected chi connectivity index (χ1v) is 8.37. The third kappa shape index (κ3) is 4.00. The molecular weight excluding hydrogens is 334 g/mol. The van der Waals surface area contributed by atoms with Crippen LogP contribution in [0.3, 0.4) is 0 Å². The molecule has 0 saturated heterocycles. The van der Waals surface area contributed by atoms with E-state index in [0.717, 1.165) is 5.76 Å². The Morgan fingerprint density at radius 3 is 2.84 bits per heavy atom. The summed E-state index contributed by atoms with van der Waals surface area (Å²) in [5.41, 5.74) is 1.88. The van der Waals surface area contributed by atoms with Gasteiger partial charge in [-0.05, 0) is 36.5 Å². The van der Waals surface area contributed by atoms with E-state index in [-0.39, 0.29) is 0 Å². The molecule has 3 heterocycles. The van der Waals surface area contributed by atoms with Gasteiger partial charge in [0.1, 0.15) is 22.8 Å². The van der Waals surface area contributed by atoms with Gasteiger partial charge in [-0.3, -0.25) is 4.98 Å². The zero-order valence-corrected chi connectivity index (χ0v) is 14.9. The van der Waals surface area contributed by atoms with E-state index in [1.54, 1.807) is 12.3 Å². The van der Waals surface area contributed by atoms with Crippen LogP contribution in [-0.2, 0) is 0 Å². The van der Waals surface area contributed by atoms with Crippen molar-refractivity contribution in [2.75, 3.05) is 11.9 Å². The molecule has 3 rings (SSSR count). The van der Waals surface area contributed by atoms with Crippen LogP contribution in [0.1, 0.15) is 25.5 Å². The van der Waals surface area contributed by atoms with Crippen molar-refractivity contribution in [3.63, 3.8) is 0 Å². The van der Waals surface area contributed by atoms with Gasteiger partial charge in [0.2, 0.25) is 0 Å². The first-order chi connectivity index (χ1) is 12.1. The number of rotatable bonds is 5. The van der Waals surface area contributed by atoms with Crippen LogP contribution in [0.4, 0.5) is 5.82 Å². The first kappa shape index (κ1) is 17.0. The Labute approximate surface area is 151 Å². The summed E-state index contributed by atoms with van der Waals surface area (Å²) in [6.45, 7) is 8.38. The quantitative estimate of drug-likeness (QED) is 0.532. The molecule has 3 aromatic heterocycles. The molecule has 0 aliphatic carbocycles. The Balaban J connectivity index is 1.87. The summed E-state index contributed by atoms with van der Waals surface area (Å²) in [7, 11) is 0. The van der Waals surface area contributed by atoms with Crippen molar-refractivity contribution < 1.29 is 4.42 Å². The smallest absolute Gasteiger partial charge is 0.180 e. The Morgan fingerprint density at radius 2 is 2.12 bits per heavy atom. The van der Waals surface area contributed by atoms with E-state index in [0.29, 0.717) is 46.0 Å². The molecule has 0 spiro atoms. The van der Waals surface area contributed by atoms with Gasteiger partial charge in [-0.1, -0.05) is 19.9 Å². The number of fused-ring (bicyclic) bond motifs is 1. The average molecular weight is 353 g/mol. The standard InChI is InChI=1S/C18H19N5OS/c1-4-9-19-18(25)23-16-8-5-12-17(22-16)21-13(10-20-12)15-7-6-14(24-15)11(2)3/h4-8,10-11H,1,9H2,2-3H3,(H2,19,21,22,23,25). The van der Waals surface area contributed by atoms with Crippen molar-refractivity contribution >= 4 is 34.3 Å². The van der Waals surface area contributed by atoms with E-state index >= 15 is 0 Å². The van der Waals surface area contributed by atoms with Gasteiger partial charge in [-0.15, -0.1) is 6.58 Å². The molecule has 0 bridgehead atoms. The van der Waals surface area contributed by atoms with Gasteiger partial charge in [0.15, 0.2) is 16.5 Å². The van der Waals surface area contributed by atoms with Crippen LogP contribution in [-0.4, -0.2) is 26.6 Å². The molecule has 6 nitrogen and oxygen atoms in total. The van der Waals surface area contributed by atoms with Crippen LogP contribution in [0, 0.1) is 0 Å². The number of furan rings is 1. The van der Waals surface area contributed by atoms with Crippen molar-refractivity contribution in [3.05, 3.63) is 48.9 Å². The Bertz CT molecular complexity index is 919. The molecule has 0 aliphatic heterocycles. The molecule has 0 amide bonds. The maximum Gasteiger partial charge on any atom is 0.180 e. The second-order valence-electron chi connectivity index (χ2n) is 5.77. The van der Waals surface area contributed by atoms with E-state index in [1.165, 1.54) is 0 Å². The minimum Gasteiger partial charge on any atom is -0.459 e. The lowest BCUT2D eigenvalue weighted by Gasteiger charge is -2.08. The van der Waals surface area contributed by atoms with Crippen LogP contribution in [0.15, 0.2) is 47.5 Å². The lowest BCUT2D eigenvalue weighted by molar-refractivity contribution is 0.497. The van der Waals surface area contributed by atoms with Crippen LogP contribution in [0.25, 0.3) is 22.6 Å². The molecule has 128 valence electrons. The fourth-order valence-corrected chi connectivity index (χ4v) is 2.40. The lowest BCUT2D eigenvalue weighted by Crippen LogP contribution is -2.28. The highest BCUT2D eigenvalue weighted by molar-refractivity contribution is 7.80. The molecule has 0 fully saturated rings. The Morgan fingerprint density at radius 1 is 1.28 bits per heavy atom. The van der Waals surface area contributed by atoms with Gasteiger partial charge in [-0.25, -0.2) is 9.97 Å². The summed E-state index contributed by atoms with van der Waals surface area (Å²) in [5, 5.41) is 6.48. The highest BCUT2D eigenvalue weighted by Crippen LogP contribution is 2.25. The van der Waals surface area contributed by atoms with Gasteiger partial charge >= 0.3 is 0 Å². The minimum atomic E-state index is 0.320. The molecule has 0 saturated carbocycles. The van der Waals surface area contributed by atoms with Gasteiger partial charge < -0.3 is 15.1 Å². The predicted octanol–water partition coefficient (Wildman–Crippen LogP) is 3.88. The van der Waals surface area contributed by atoms with Crippen molar-refractivity contribution in [2.24, 2.45) is 0 Å². The van der Waals surface area contributed by atoms with Crippen LogP contribution < -0.4 is 10.6 Å². The fourth-order valence-electron chi connectivity index (χ4n) is 2.21. The van der Waals surface area contributed by atoms with Gasteiger partial charge in [0.05, 0.1) is 6.20 Å². The maximum atomic E-state index is 5.83. The largest absolute Gasteiger partial charge is 0.459 e. The SMILES string of the molecule is C=CCNC(=S)Nc1ccc2ncc(-c3ccc(C(C)C)o3)nc2n1. The summed E-state index contributed by atoms with van der Waals surface area (Å²) in [4.78, 5) is 13.4. The van der Waals surface area contributed by atoms with Crippen molar-refractivity contribution in [1.82, 2.24) is 20.3 Å². The normalized spacial score (nSPS) is 10.8. The first-order valence-electron chi connectivity index (χ1n) is 7.96. The van der Waals surface area contributed by atoms with Crippen molar-refractivity contribution in [2.45, 2.75) is 19.8 Å². The highest BCUT2D eigenvalue weighted by atomic mass is 32.1. The number of hydrogen-bond acceptors (Lipinski definition) is 5. The van der Waals surface area contributed by atoms with E-state index < -0.39 is 0 Å². The number of aromatic nitrogens is 3. The zero-order chi connectivity index (χ0) is 17.8. The number of hydrogen-bond donors (Lipinski definition) is 2. The third-order valence-electron chi connectivity index (χ3n) is 3.50. The molecule has 0 radical (unpaired) electrons. The topological polar surface area (TPSA) is 75.9 Å². The van der Waals surface area contributed by atoms with Crippen LogP contribution in [0.2, 0.25) is 0 Å². The number of nitrogens with zero attached hydrogens (tertiary/aromatic N) is 3. The molecule has 0 atom stereocenters. The van der Waals surface area contributed by atoms with Crippen LogP contribution in [0.5, 0.6) is 0 Å². The second kappa shape index (κ2) is 7.40. The highest BCUT2D eigenvalue weighted by Gasteiger charge is 2.11. The third-order valence-corrected chi connectivity index (χ3v) is 3.75. The monoisotopic (exact) mass is 353 g/mol. The van der Waals surface area contributed by atoms with Crippen molar-refractivity contribution in [1.29, 1.82) is 0 Å². The van der Waals surface area contributed by atoms with E-state index in [1.807, 2.05) is 24.3 Å². The molecule has 25 heavy (non-hydrogen) atoms. The van der Waals surface area contributed by atoms with Gasteiger partial charge in [0, 0.05) is 12.5 Å². The zero-order valence-electron chi connectivity index (χ0n) is 14.1. The maximum absolute atomic E-state index is 5.83. The number of anilines is 1. The van der Waals surface area contributed by atoms with Crippen LogP contribution >= 0.6 is 12.2 Å². The van der Waals surface area contributed by atoms with E-state index in [2.05, 4.69) is 46.0 Å². The second-order valence-corrected chi connectivity index (χ2v) is 6.18. The molecule has 0 aromatic carbocycles. The fraction of sp³-hybridized carbons (Fsp3) is 0.222. The summed E-state index contributed by atoms with van der Waals surface area (Å²) < 4.78 is 5.83. The lowest BCUT2D eigenvalue weighted by atomic mass is 10.2. The van der Waals surface area contributed by atoms with Gasteiger partial charge in [0.25, 0.3) is 0 Å². The van der Waals surface area contributed by atoms with E-state index in [4.69, 9.17) is 16.6 Å². The van der Waals surface area contributed by atoms with E-state index in [9.17, 15) is 0 Å². The van der Waals surface area contributed by atoms with Crippen molar-refractivity contribution in [3.8, 4) is 11.5 Å². The number of nitrogens with one attached hydrogen (secondary N) is 2. The summed E-state index contributed by atoms with van der Waals surface area (Å²) in [6, 6.07) is 7.52. The molecule has 0 unspecified atom stereocenters. The Kier molecular flexibility index (Phi) is 5.04. The minimum absolute atomic E-state index is 0.320. The summed E-state index contributed by atoms with van der Waals surface area (Å²) in [6.07, 6.45) is 3.42. The predicted molar refractivity (Wildman–Crippen MR) is 104 cm³/mol. The molecule has 2 N–H and O–H groups in total. The number of thiocarbonyl (C=S) groups is 1. The molecule has 0 aliphatic rings. The molecular formula is C18H19N5OS.